The number of nitrogens with two attached hydrogens (primary N) is 1. The molecule has 0 spiro atoms. The lowest BCUT2D eigenvalue weighted by atomic mass is 9.65. The van der Waals surface area contributed by atoms with Gasteiger partial charge in [0.25, 0.3) is 0 Å². The van der Waals surface area contributed by atoms with Gasteiger partial charge in [0.05, 0.1) is 0 Å². The topological polar surface area (TPSA) is 26.0 Å². The van der Waals surface area contributed by atoms with Gasteiger partial charge in [0.15, 0.2) is 0 Å². The number of hydrogen-bond donors (Lipinski definition) is 1. The van der Waals surface area contributed by atoms with Crippen LogP contribution in [0.25, 0.3) is 0 Å². The summed E-state index contributed by atoms with van der Waals surface area (Å²) in [7, 11) is 0. The molecule has 0 amide bonds. The Bertz CT molecular complexity index is 155. The monoisotopic (exact) mass is 211 g/mol. The fourth-order valence-corrected chi connectivity index (χ4v) is 3.33. The van der Waals surface area contributed by atoms with E-state index in [1.165, 1.54) is 57.8 Å². The zero-order valence-electron chi connectivity index (χ0n) is 10.7. The van der Waals surface area contributed by atoms with Gasteiger partial charge in [-0.3, -0.25) is 0 Å². The first kappa shape index (κ1) is 13.0. The third kappa shape index (κ3) is 3.21. The van der Waals surface area contributed by atoms with Crippen LogP contribution >= 0.6 is 0 Å². The lowest BCUT2D eigenvalue weighted by Gasteiger charge is -2.42. The normalized spacial score (nSPS) is 22.6. The summed E-state index contributed by atoms with van der Waals surface area (Å²) in [5.74, 6) is 0.924. The molecule has 0 aromatic rings. The summed E-state index contributed by atoms with van der Waals surface area (Å²) in [6.07, 6.45) is 12.5. The third-order valence-electron chi connectivity index (χ3n) is 4.61. The van der Waals surface area contributed by atoms with Crippen molar-refractivity contribution in [1.82, 2.24) is 0 Å². The van der Waals surface area contributed by atoms with Crippen molar-refractivity contribution < 1.29 is 0 Å². The number of hydrogen-bond acceptors (Lipinski definition) is 1. The Balaban J connectivity index is 2.59. The van der Waals surface area contributed by atoms with Crippen LogP contribution in [0.15, 0.2) is 0 Å². The van der Waals surface area contributed by atoms with Crippen molar-refractivity contribution in [2.45, 2.75) is 71.6 Å². The van der Waals surface area contributed by atoms with Gasteiger partial charge in [0, 0.05) is 0 Å². The van der Waals surface area contributed by atoms with E-state index in [4.69, 9.17) is 5.73 Å². The summed E-state index contributed by atoms with van der Waals surface area (Å²) in [5.41, 5.74) is 6.57. The van der Waals surface area contributed by atoms with Gasteiger partial charge in [-0.2, -0.15) is 0 Å². The molecular formula is C14H29N. The first-order chi connectivity index (χ1) is 7.29. The minimum atomic E-state index is 0.483. The van der Waals surface area contributed by atoms with Gasteiger partial charge in [-0.15, -0.1) is 0 Å². The maximum Gasteiger partial charge on any atom is -0.00180 e. The van der Waals surface area contributed by atoms with Crippen molar-refractivity contribution in [2.75, 3.05) is 6.54 Å². The van der Waals surface area contributed by atoms with Crippen molar-refractivity contribution in [3.63, 3.8) is 0 Å². The zero-order valence-corrected chi connectivity index (χ0v) is 10.7. The Kier molecular flexibility index (Phi) is 5.66. The van der Waals surface area contributed by atoms with E-state index in [2.05, 4.69) is 13.8 Å². The lowest BCUT2D eigenvalue weighted by molar-refractivity contribution is 0.104. The molecule has 0 saturated heterocycles. The second kappa shape index (κ2) is 6.52. The van der Waals surface area contributed by atoms with E-state index in [9.17, 15) is 0 Å². The Morgan fingerprint density at radius 1 is 1.13 bits per heavy atom. The van der Waals surface area contributed by atoms with E-state index in [0.29, 0.717) is 5.41 Å². The molecule has 0 aliphatic heterocycles. The van der Waals surface area contributed by atoms with Crippen LogP contribution in [0.3, 0.4) is 0 Å². The molecule has 1 rings (SSSR count). The molecule has 1 fully saturated rings. The van der Waals surface area contributed by atoms with Crippen LogP contribution < -0.4 is 5.73 Å². The number of rotatable bonds is 6. The Labute approximate surface area is 95.8 Å². The van der Waals surface area contributed by atoms with Crippen LogP contribution in [0.1, 0.15) is 71.6 Å². The Hall–Kier alpha value is -0.0400. The van der Waals surface area contributed by atoms with E-state index in [1.807, 2.05) is 0 Å². The van der Waals surface area contributed by atoms with E-state index in [-0.39, 0.29) is 0 Å². The highest BCUT2D eigenvalue weighted by atomic mass is 14.6. The Morgan fingerprint density at radius 2 is 1.80 bits per heavy atom. The molecule has 0 bridgehead atoms. The fraction of sp³-hybridized carbons (Fsp3) is 1.00. The van der Waals surface area contributed by atoms with E-state index >= 15 is 0 Å². The van der Waals surface area contributed by atoms with Crippen LogP contribution in [0.4, 0.5) is 0 Å². The molecule has 0 heterocycles. The Morgan fingerprint density at radius 3 is 2.27 bits per heavy atom. The molecule has 0 aromatic carbocycles. The molecule has 1 heteroatoms. The molecule has 0 aromatic heterocycles. The molecule has 1 atom stereocenters. The standard InChI is InChI=1S/C14H29N/c1-3-5-11-14(4-2,12-15)13-9-7-6-8-10-13/h13H,3-12,15H2,1-2H3. The average molecular weight is 211 g/mol. The predicted octanol–water partition coefficient (Wildman–Crippen LogP) is 4.11. The molecule has 0 radical (unpaired) electrons. The van der Waals surface area contributed by atoms with Gasteiger partial charge in [-0.05, 0) is 43.6 Å². The predicted molar refractivity (Wildman–Crippen MR) is 67.9 cm³/mol. The molecule has 2 N–H and O–H groups in total. The molecule has 90 valence electrons. The first-order valence-electron chi connectivity index (χ1n) is 6.99. The fourth-order valence-electron chi connectivity index (χ4n) is 3.33. The number of unbranched alkanes of at least 4 members (excludes halogenated alkanes) is 1. The first-order valence-corrected chi connectivity index (χ1v) is 6.99. The third-order valence-corrected chi connectivity index (χ3v) is 4.61. The summed E-state index contributed by atoms with van der Waals surface area (Å²) in [6.45, 7) is 5.54. The molecule has 1 aliphatic rings. The second-order valence-corrected chi connectivity index (χ2v) is 5.36. The summed E-state index contributed by atoms with van der Waals surface area (Å²) < 4.78 is 0. The molecule has 1 unspecified atom stereocenters. The van der Waals surface area contributed by atoms with E-state index in [1.54, 1.807) is 0 Å². The minimum absolute atomic E-state index is 0.483. The van der Waals surface area contributed by atoms with E-state index in [0.717, 1.165) is 12.5 Å². The van der Waals surface area contributed by atoms with Crippen molar-refractivity contribution in [3.05, 3.63) is 0 Å². The maximum absolute atomic E-state index is 6.09. The second-order valence-electron chi connectivity index (χ2n) is 5.36. The van der Waals surface area contributed by atoms with Gasteiger partial charge in [0.2, 0.25) is 0 Å². The summed E-state index contributed by atoms with van der Waals surface area (Å²) in [5, 5.41) is 0. The summed E-state index contributed by atoms with van der Waals surface area (Å²) in [4.78, 5) is 0. The molecule has 1 aliphatic carbocycles. The van der Waals surface area contributed by atoms with Crippen LogP contribution in [-0.4, -0.2) is 6.54 Å². The van der Waals surface area contributed by atoms with Gasteiger partial charge >= 0.3 is 0 Å². The smallest absolute Gasteiger partial charge is 0.00180 e. The van der Waals surface area contributed by atoms with Crippen molar-refractivity contribution in [3.8, 4) is 0 Å². The minimum Gasteiger partial charge on any atom is -0.330 e. The van der Waals surface area contributed by atoms with Crippen LogP contribution in [0, 0.1) is 11.3 Å². The van der Waals surface area contributed by atoms with Crippen LogP contribution in [0.5, 0.6) is 0 Å². The van der Waals surface area contributed by atoms with Gasteiger partial charge < -0.3 is 5.73 Å². The van der Waals surface area contributed by atoms with Crippen molar-refractivity contribution in [1.29, 1.82) is 0 Å². The van der Waals surface area contributed by atoms with Crippen molar-refractivity contribution >= 4 is 0 Å². The van der Waals surface area contributed by atoms with E-state index < -0.39 is 0 Å². The highest BCUT2D eigenvalue weighted by Gasteiger charge is 2.35. The van der Waals surface area contributed by atoms with Gasteiger partial charge in [-0.1, -0.05) is 46.0 Å². The maximum atomic E-state index is 6.09. The van der Waals surface area contributed by atoms with Gasteiger partial charge in [-0.25, -0.2) is 0 Å². The zero-order chi connectivity index (χ0) is 11.1. The summed E-state index contributed by atoms with van der Waals surface area (Å²) >= 11 is 0. The molecule has 1 nitrogen and oxygen atoms in total. The SMILES string of the molecule is CCCCC(CC)(CN)C1CCCCC1. The lowest BCUT2D eigenvalue weighted by Crippen LogP contribution is -2.38. The largest absolute Gasteiger partial charge is 0.330 e. The molecular weight excluding hydrogens is 182 g/mol. The molecule has 1 saturated carbocycles. The van der Waals surface area contributed by atoms with Crippen LogP contribution in [-0.2, 0) is 0 Å². The highest BCUT2D eigenvalue weighted by molar-refractivity contribution is 4.88. The average Bonchev–Trinajstić information content (AvgIpc) is 2.33. The summed E-state index contributed by atoms with van der Waals surface area (Å²) in [6, 6.07) is 0. The molecule has 15 heavy (non-hydrogen) atoms. The van der Waals surface area contributed by atoms with Gasteiger partial charge in [0.1, 0.15) is 0 Å². The van der Waals surface area contributed by atoms with Crippen molar-refractivity contribution in [2.24, 2.45) is 17.1 Å². The van der Waals surface area contributed by atoms with Crippen LogP contribution in [0.2, 0.25) is 0 Å². The highest BCUT2D eigenvalue weighted by Crippen LogP contribution is 2.43. The quantitative estimate of drug-likeness (QED) is 0.703.